The minimum Gasteiger partial charge on any atom is -0.495 e. The molecule has 0 unspecified atom stereocenters. The van der Waals surface area contributed by atoms with E-state index in [1.807, 2.05) is 18.2 Å². The average Bonchev–Trinajstić information content (AvgIpc) is 2.60. The summed E-state index contributed by atoms with van der Waals surface area (Å²) in [5, 5.41) is 0. The lowest BCUT2D eigenvalue weighted by atomic mass is 10.1. The van der Waals surface area contributed by atoms with Crippen LogP contribution in [0.1, 0.15) is 16.1 Å². The monoisotopic (exact) mass is 378 g/mol. The van der Waals surface area contributed by atoms with Crippen LogP contribution >= 0.6 is 15.9 Å². The number of methoxy groups -OCH3 is 2. The number of halogens is 1. The number of likely N-dealkylation sites (N-methyl/N-ethyl adjacent to an activating group) is 1. The molecule has 0 atom stereocenters. The normalized spacial score (nSPS) is 10.3. The molecule has 0 spiro atoms. The minimum absolute atomic E-state index is 0.0926. The van der Waals surface area contributed by atoms with E-state index in [-0.39, 0.29) is 5.91 Å². The molecule has 0 aliphatic rings. The van der Waals surface area contributed by atoms with E-state index in [0.29, 0.717) is 34.5 Å². The second kappa shape index (κ2) is 7.97. The van der Waals surface area contributed by atoms with Crippen molar-refractivity contribution in [1.82, 2.24) is 9.88 Å². The lowest BCUT2D eigenvalue weighted by Crippen LogP contribution is -2.29. The van der Waals surface area contributed by atoms with Crippen LogP contribution in [-0.4, -0.2) is 43.6 Å². The van der Waals surface area contributed by atoms with Crippen molar-refractivity contribution in [3.63, 3.8) is 0 Å². The number of carbonyl (C=O) groups is 1. The SMILES string of the molecule is COc1cc(C(=O)N(C)CCc2ccccn2)cc(OC)c1Br. The summed E-state index contributed by atoms with van der Waals surface area (Å²) < 4.78 is 11.2. The van der Waals surface area contributed by atoms with Crippen LogP contribution in [0.5, 0.6) is 11.5 Å². The predicted molar refractivity (Wildman–Crippen MR) is 92.1 cm³/mol. The summed E-state index contributed by atoms with van der Waals surface area (Å²) in [5.41, 5.74) is 1.48. The van der Waals surface area contributed by atoms with Gasteiger partial charge in [-0.1, -0.05) is 6.07 Å². The number of nitrogens with zero attached hydrogens (tertiary/aromatic N) is 2. The van der Waals surface area contributed by atoms with Gasteiger partial charge in [-0.25, -0.2) is 0 Å². The molecule has 1 amide bonds. The second-order valence-electron chi connectivity index (χ2n) is 4.99. The zero-order valence-electron chi connectivity index (χ0n) is 13.4. The van der Waals surface area contributed by atoms with Crippen molar-refractivity contribution in [2.45, 2.75) is 6.42 Å². The third-order valence-electron chi connectivity index (χ3n) is 3.47. The van der Waals surface area contributed by atoms with Gasteiger partial charge >= 0.3 is 0 Å². The molecule has 0 aliphatic heterocycles. The van der Waals surface area contributed by atoms with Crippen molar-refractivity contribution in [2.24, 2.45) is 0 Å². The maximum Gasteiger partial charge on any atom is 0.253 e. The third kappa shape index (κ3) is 4.22. The predicted octanol–water partition coefficient (Wildman–Crippen LogP) is 3.18. The Balaban J connectivity index is 2.12. The first-order valence-electron chi connectivity index (χ1n) is 7.13. The number of amides is 1. The number of pyridine rings is 1. The van der Waals surface area contributed by atoms with Gasteiger partial charge in [-0.3, -0.25) is 9.78 Å². The minimum atomic E-state index is -0.0926. The highest BCUT2D eigenvalue weighted by molar-refractivity contribution is 9.10. The highest BCUT2D eigenvalue weighted by atomic mass is 79.9. The maximum absolute atomic E-state index is 12.6. The lowest BCUT2D eigenvalue weighted by molar-refractivity contribution is 0.0795. The van der Waals surface area contributed by atoms with E-state index in [9.17, 15) is 4.79 Å². The number of rotatable bonds is 6. The molecular formula is C17H19BrN2O3. The van der Waals surface area contributed by atoms with Crippen LogP contribution in [0, 0.1) is 0 Å². The number of aromatic nitrogens is 1. The first kappa shape index (κ1) is 17.3. The van der Waals surface area contributed by atoms with E-state index in [2.05, 4.69) is 20.9 Å². The van der Waals surface area contributed by atoms with Crippen molar-refractivity contribution in [1.29, 1.82) is 0 Å². The van der Waals surface area contributed by atoms with E-state index in [1.54, 1.807) is 44.5 Å². The van der Waals surface area contributed by atoms with Gasteiger partial charge in [0.25, 0.3) is 5.91 Å². The smallest absolute Gasteiger partial charge is 0.253 e. The average molecular weight is 379 g/mol. The first-order valence-corrected chi connectivity index (χ1v) is 7.93. The Hall–Kier alpha value is -2.08. The molecule has 2 rings (SSSR count). The van der Waals surface area contributed by atoms with E-state index in [4.69, 9.17) is 9.47 Å². The molecule has 0 saturated carbocycles. The standard InChI is InChI=1S/C17H19BrN2O3/c1-20(9-7-13-6-4-5-8-19-13)17(21)12-10-14(22-2)16(18)15(11-12)23-3/h4-6,8,10-11H,7,9H2,1-3H3. The van der Waals surface area contributed by atoms with Crippen molar-refractivity contribution in [3.05, 3.63) is 52.3 Å². The van der Waals surface area contributed by atoms with Gasteiger partial charge in [-0.2, -0.15) is 0 Å². The second-order valence-corrected chi connectivity index (χ2v) is 5.79. The summed E-state index contributed by atoms with van der Waals surface area (Å²) in [7, 11) is 4.88. The molecule has 0 bridgehead atoms. The number of benzene rings is 1. The molecule has 1 aromatic carbocycles. The third-order valence-corrected chi connectivity index (χ3v) is 4.25. The molecular weight excluding hydrogens is 360 g/mol. The van der Waals surface area contributed by atoms with Crippen LogP contribution in [0.2, 0.25) is 0 Å². The summed E-state index contributed by atoms with van der Waals surface area (Å²) in [6, 6.07) is 9.16. The van der Waals surface area contributed by atoms with Gasteiger partial charge in [0, 0.05) is 37.5 Å². The Morgan fingerprint density at radius 2 is 1.87 bits per heavy atom. The van der Waals surface area contributed by atoms with Gasteiger partial charge in [0.2, 0.25) is 0 Å². The fourth-order valence-corrected chi connectivity index (χ4v) is 2.70. The fraction of sp³-hybridized carbons (Fsp3) is 0.294. The molecule has 0 saturated heterocycles. The Morgan fingerprint density at radius 1 is 1.22 bits per heavy atom. The topological polar surface area (TPSA) is 51.7 Å². The highest BCUT2D eigenvalue weighted by Gasteiger charge is 2.17. The van der Waals surface area contributed by atoms with Crippen molar-refractivity contribution < 1.29 is 14.3 Å². The van der Waals surface area contributed by atoms with E-state index in [1.165, 1.54) is 0 Å². The molecule has 0 fully saturated rings. The molecule has 6 heteroatoms. The van der Waals surface area contributed by atoms with Crippen LogP contribution in [0.15, 0.2) is 41.0 Å². The first-order chi connectivity index (χ1) is 11.1. The van der Waals surface area contributed by atoms with Gasteiger partial charge in [0.05, 0.1) is 14.2 Å². The Kier molecular flexibility index (Phi) is 5.98. The van der Waals surface area contributed by atoms with Gasteiger partial charge in [-0.05, 0) is 40.2 Å². The summed E-state index contributed by atoms with van der Waals surface area (Å²) >= 11 is 3.40. The molecule has 122 valence electrons. The zero-order chi connectivity index (χ0) is 16.8. The van der Waals surface area contributed by atoms with Crippen molar-refractivity contribution >= 4 is 21.8 Å². The summed E-state index contributed by atoms with van der Waals surface area (Å²) in [6.45, 7) is 0.580. The Labute approximate surface area is 144 Å². The van der Waals surface area contributed by atoms with Crippen LogP contribution in [0.3, 0.4) is 0 Å². The number of hydrogen-bond donors (Lipinski definition) is 0. The molecule has 0 N–H and O–H groups in total. The van der Waals surface area contributed by atoms with E-state index < -0.39 is 0 Å². The molecule has 0 radical (unpaired) electrons. The van der Waals surface area contributed by atoms with Crippen LogP contribution in [-0.2, 0) is 6.42 Å². The van der Waals surface area contributed by atoms with E-state index in [0.717, 1.165) is 5.69 Å². The maximum atomic E-state index is 12.6. The summed E-state index contributed by atoms with van der Waals surface area (Å²) in [6.07, 6.45) is 2.45. The molecule has 23 heavy (non-hydrogen) atoms. The number of ether oxygens (including phenoxy) is 2. The van der Waals surface area contributed by atoms with Gasteiger partial charge in [0.1, 0.15) is 16.0 Å². The molecule has 5 nitrogen and oxygen atoms in total. The van der Waals surface area contributed by atoms with Gasteiger partial charge in [-0.15, -0.1) is 0 Å². The van der Waals surface area contributed by atoms with Crippen molar-refractivity contribution in [2.75, 3.05) is 27.8 Å². The number of carbonyl (C=O) groups excluding carboxylic acids is 1. The highest BCUT2D eigenvalue weighted by Crippen LogP contribution is 2.35. The quantitative estimate of drug-likeness (QED) is 0.774. The van der Waals surface area contributed by atoms with Crippen LogP contribution in [0.25, 0.3) is 0 Å². The van der Waals surface area contributed by atoms with Crippen molar-refractivity contribution in [3.8, 4) is 11.5 Å². The van der Waals surface area contributed by atoms with E-state index >= 15 is 0 Å². The largest absolute Gasteiger partial charge is 0.495 e. The van der Waals surface area contributed by atoms with Crippen LogP contribution < -0.4 is 9.47 Å². The summed E-state index contributed by atoms with van der Waals surface area (Å²) in [4.78, 5) is 18.5. The molecule has 2 aromatic rings. The Morgan fingerprint density at radius 3 is 2.39 bits per heavy atom. The molecule has 1 aromatic heterocycles. The zero-order valence-corrected chi connectivity index (χ0v) is 15.0. The van der Waals surface area contributed by atoms with Gasteiger partial charge < -0.3 is 14.4 Å². The summed E-state index contributed by atoms with van der Waals surface area (Å²) in [5.74, 6) is 1.03. The number of hydrogen-bond acceptors (Lipinski definition) is 4. The van der Waals surface area contributed by atoms with Crippen LogP contribution in [0.4, 0.5) is 0 Å². The molecule has 1 heterocycles. The van der Waals surface area contributed by atoms with Gasteiger partial charge in [0.15, 0.2) is 0 Å². The Bertz CT molecular complexity index is 652. The molecule has 0 aliphatic carbocycles. The fourth-order valence-electron chi connectivity index (χ4n) is 2.14. The lowest BCUT2D eigenvalue weighted by Gasteiger charge is -2.18.